The van der Waals surface area contributed by atoms with Gasteiger partial charge in [0.25, 0.3) is 0 Å². The molecule has 0 aliphatic carbocycles. The van der Waals surface area contributed by atoms with Crippen molar-refractivity contribution in [1.29, 1.82) is 0 Å². The highest BCUT2D eigenvalue weighted by Crippen LogP contribution is 2.13. The van der Waals surface area contributed by atoms with Crippen LogP contribution in [0.15, 0.2) is 12.2 Å². The second-order valence-corrected chi connectivity index (χ2v) is 4.96. The van der Waals surface area contributed by atoms with E-state index < -0.39 is 5.97 Å². The summed E-state index contributed by atoms with van der Waals surface area (Å²) in [5.74, 6) is -0.0316. The summed E-state index contributed by atoms with van der Waals surface area (Å²) in [6.07, 6.45) is 9.23. The van der Waals surface area contributed by atoms with Gasteiger partial charge in [-0.05, 0) is 18.8 Å². The maximum Gasteiger partial charge on any atom is 0.330 e. The zero-order valence-corrected chi connectivity index (χ0v) is 10.8. The minimum absolute atomic E-state index is 0.347. The lowest BCUT2D eigenvalue weighted by atomic mass is 10.0. The van der Waals surface area contributed by atoms with E-state index in [-0.39, 0.29) is 0 Å². The van der Waals surface area contributed by atoms with Crippen LogP contribution in [-0.2, 0) is 4.79 Å². The molecule has 0 rings (SSSR count). The standard InChI is InChI=1S/C14H26O2/c1-12(2)10-8-6-4-5-7-9-11-13(3)14(15)16/h12H,3-11H2,1-2H3,(H,15,16). The summed E-state index contributed by atoms with van der Waals surface area (Å²) in [6, 6.07) is 0. The fraction of sp³-hybridized carbons (Fsp3) is 0.786. The molecule has 0 unspecified atom stereocenters. The van der Waals surface area contributed by atoms with Crippen molar-refractivity contribution in [2.45, 2.75) is 65.2 Å². The third-order valence-electron chi connectivity index (χ3n) is 2.81. The fourth-order valence-electron chi connectivity index (χ4n) is 1.71. The Morgan fingerprint density at radius 3 is 2.06 bits per heavy atom. The smallest absolute Gasteiger partial charge is 0.330 e. The number of carboxylic acids is 1. The molecule has 0 aliphatic heterocycles. The molecule has 0 amide bonds. The van der Waals surface area contributed by atoms with Crippen LogP contribution >= 0.6 is 0 Å². The molecule has 0 heterocycles. The molecule has 0 bridgehead atoms. The summed E-state index contributed by atoms with van der Waals surface area (Å²) in [7, 11) is 0. The summed E-state index contributed by atoms with van der Waals surface area (Å²) >= 11 is 0. The molecule has 0 aliphatic rings. The molecule has 0 spiro atoms. The quantitative estimate of drug-likeness (QED) is 0.442. The third-order valence-corrected chi connectivity index (χ3v) is 2.81. The van der Waals surface area contributed by atoms with E-state index in [9.17, 15) is 4.79 Å². The van der Waals surface area contributed by atoms with Crippen molar-refractivity contribution in [3.63, 3.8) is 0 Å². The van der Waals surface area contributed by atoms with Gasteiger partial charge in [-0.3, -0.25) is 0 Å². The minimum Gasteiger partial charge on any atom is -0.478 e. The summed E-state index contributed by atoms with van der Waals surface area (Å²) in [4.78, 5) is 10.5. The second-order valence-electron chi connectivity index (χ2n) is 4.96. The van der Waals surface area contributed by atoms with Gasteiger partial charge in [-0.25, -0.2) is 4.79 Å². The Morgan fingerprint density at radius 2 is 1.56 bits per heavy atom. The van der Waals surface area contributed by atoms with Crippen molar-refractivity contribution in [3.8, 4) is 0 Å². The summed E-state index contributed by atoms with van der Waals surface area (Å²) < 4.78 is 0. The monoisotopic (exact) mass is 226 g/mol. The number of rotatable bonds is 10. The van der Waals surface area contributed by atoms with Crippen molar-refractivity contribution in [2.24, 2.45) is 5.92 Å². The molecule has 2 nitrogen and oxygen atoms in total. The van der Waals surface area contributed by atoms with E-state index in [0.29, 0.717) is 12.0 Å². The summed E-state index contributed by atoms with van der Waals surface area (Å²) in [5.41, 5.74) is 0.347. The predicted molar refractivity (Wildman–Crippen MR) is 68.5 cm³/mol. The molecule has 0 fully saturated rings. The Morgan fingerprint density at radius 1 is 1.06 bits per heavy atom. The Balaban J connectivity index is 3.16. The Bertz CT molecular complexity index is 207. The minimum atomic E-state index is -0.850. The van der Waals surface area contributed by atoms with Crippen LogP contribution in [0, 0.1) is 5.92 Å². The fourth-order valence-corrected chi connectivity index (χ4v) is 1.71. The lowest BCUT2D eigenvalue weighted by Gasteiger charge is -2.04. The van der Waals surface area contributed by atoms with Gasteiger partial charge < -0.3 is 5.11 Å². The van der Waals surface area contributed by atoms with E-state index in [0.717, 1.165) is 18.8 Å². The Hall–Kier alpha value is -0.790. The normalized spacial score (nSPS) is 10.7. The van der Waals surface area contributed by atoms with Gasteiger partial charge in [-0.15, -0.1) is 0 Å². The highest BCUT2D eigenvalue weighted by Gasteiger charge is 2.02. The summed E-state index contributed by atoms with van der Waals surface area (Å²) in [6.45, 7) is 8.04. The highest BCUT2D eigenvalue weighted by atomic mass is 16.4. The van der Waals surface area contributed by atoms with Gasteiger partial charge in [0.05, 0.1) is 0 Å². The zero-order valence-electron chi connectivity index (χ0n) is 10.8. The van der Waals surface area contributed by atoms with Crippen LogP contribution in [-0.4, -0.2) is 11.1 Å². The average Bonchev–Trinajstić information content (AvgIpc) is 2.21. The van der Waals surface area contributed by atoms with Gasteiger partial charge in [0, 0.05) is 5.57 Å². The van der Waals surface area contributed by atoms with Gasteiger partial charge >= 0.3 is 5.97 Å². The van der Waals surface area contributed by atoms with Crippen molar-refractivity contribution < 1.29 is 9.90 Å². The molecule has 0 aromatic carbocycles. The topological polar surface area (TPSA) is 37.3 Å². The van der Waals surface area contributed by atoms with Gasteiger partial charge in [0.15, 0.2) is 0 Å². The van der Waals surface area contributed by atoms with Crippen LogP contribution in [0.4, 0.5) is 0 Å². The number of hydrogen-bond donors (Lipinski definition) is 1. The molecule has 0 aromatic rings. The zero-order chi connectivity index (χ0) is 12.4. The molecule has 0 atom stereocenters. The van der Waals surface area contributed by atoms with Crippen molar-refractivity contribution in [1.82, 2.24) is 0 Å². The van der Waals surface area contributed by atoms with Gasteiger partial charge in [0.1, 0.15) is 0 Å². The predicted octanol–water partition coefficient (Wildman–Crippen LogP) is 4.40. The third kappa shape index (κ3) is 9.75. The molecule has 0 aromatic heterocycles. The first-order valence-electron chi connectivity index (χ1n) is 6.45. The molecule has 94 valence electrons. The molecule has 0 radical (unpaired) electrons. The molecule has 1 N–H and O–H groups in total. The Kier molecular flexibility index (Phi) is 8.97. The van der Waals surface area contributed by atoms with Crippen LogP contribution in [0.2, 0.25) is 0 Å². The Labute approximate surface area is 99.7 Å². The number of hydrogen-bond acceptors (Lipinski definition) is 1. The maximum absolute atomic E-state index is 10.5. The molecule has 16 heavy (non-hydrogen) atoms. The lowest BCUT2D eigenvalue weighted by Crippen LogP contribution is -1.98. The molecular weight excluding hydrogens is 200 g/mol. The molecule has 2 heteroatoms. The summed E-state index contributed by atoms with van der Waals surface area (Å²) in [5, 5.41) is 8.61. The molecule has 0 saturated heterocycles. The van der Waals surface area contributed by atoms with Crippen LogP contribution in [0.25, 0.3) is 0 Å². The highest BCUT2D eigenvalue weighted by molar-refractivity contribution is 5.85. The van der Waals surface area contributed by atoms with Crippen LogP contribution in [0.1, 0.15) is 65.2 Å². The van der Waals surface area contributed by atoms with E-state index in [2.05, 4.69) is 20.4 Å². The van der Waals surface area contributed by atoms with Crippen LogP contribution in [0.5, 0.6) is 0 Å². The van der Waals surface area contributed by atoms with E-state index in [4.69, 9.17) is 5.11 Å². The van der Waals surface area contributed by atoms with E-state index >= 15 is 0 Å². The number of unbranched alkanes of at least 4 members (excludes halogenated alkanes) is 5. The van der Waals surface area contributed by atoms with E-state index in [1.165, 1.54) is 32.1 Å². The molecular formula is C14H26O2. The van der Waals surface area contributed by atoms with E-state index in [1.54, 1.807) is 0 Å². The van der Waals surface area contributed by atoms with Gasteiger partial charge in [-0.2, -0.15) is 0 Å². The van der Waals surface area contributed by atoms with Crippen LogP contribution < -0.4 is 0 Å². The SMILES string of the molecule is C=C(CCCCCCCCC(C)C)C(=O)O. The van der Waals surface area contributed by atoms with Gasteiger partial charge in [-0.1, -0.05) is 59.0 Å². The first-order valence-corrected chi connectivity index (χ1v) is 6.45. The maximum atomic E-state index is 10.5. The lowest BCUT2D eigenvalue weighted by molar-refractivity contribution is -0.132. The first-order chi connectivity index (χ1) is 7.54. The molecule has 0 saturated carbocycles. The van der Waals surface area contributed by atoms with E-state index in [1.807, 2.05) is 0 Å². The van der Waals surface area contributed by atoms with Gasteiger partial charge in [0.2, 0.25) is 0 Å². The number of carbonyl (C=O) groups is 1. The van der Waals surface area contributed by atoms with Crippen molar-refractivity contribution in [3.05, 3.63) is 12.2 Å². The number of carboxylic acid groups (broad SMARTS) is 1. The van der Waals surface area contributed by atoms with Crippen molar-refractivity contribution >= 4 is 5.97 Å². The first kappa shape index (κ1) is 15.2. The number of aliphatic carboxylic acids is 1. The average molecular weight is 226 g/mol. The van der Waals surface area contributed by atoms with Crippen LogP contribution in [0.3, 0.4) is 0 Å². The second kappa shape index (κ2) is 9.44. The van der Waals surface area contributed by atoms with Crippen molar-refractivity contribution in [2.75, 3.05) is 0 Å². The largest absolute Gasteiger partial charge is 0.478 e.